The van der Waals surface area contributed by atoms with Crippen LogP contribution in [0, 0.1) is 12.7 Å². The summed E-state index contributed by atoms with van der Waals surface area (Å²) in [5.41, 5.74) is 4.42. The van der Waals surface area contributed by atoms with Gasteiger partial charge in [0.05, 0.1) is 0 Å². The molecule has 0 fully saturated rings. The molecule has 2 nitrogen and oxygen atoms in total. The zero-order valence-corrected chi connectivity index (χ0v) is 15.4. The normalized spacial score (nSPS) is 11.7. The van der Waals surface area contributed by atoms with E-state index in [2.05, 4.69) is 0 Å². The molecule has 24 heavy (non-hydrogen) atoms. The second-order valence-corrected chi connectivity index (χ2v) is 8.72. The Morgan fingerprint density at radius 3 is 2.12 bits per heavy atom. The molecule has 0 amide bonds. The van der Waals surface area contributed by atoms with Crippen LogP contribution in [0.5, 0.6) is 0 Å². The van der Waals surface area contributed by atoms with E-state index in [-0.39, 0.29) is 4.90 Å². The Hall–Kier alpha value is -1.69. The first-order valence-electron chi connectivity index (χ1n) is 7.10. The summed E-state index contributed by atoms with van der Waals surface area (Å²) < 4.78 is 37.3. The fraction of sp³-hybridized carbons (Fsp3) is 0.111. The van der Waals surface area contributed by atoms with Crippen molar-refractivity contribution in [1.82, 2.24) is 0 Å². The molecular formula is C18H14ClFO2S2. The van der Waals surface area contributed by atoms with Gasteiger partial charge in [-0.05, 0) is 58.6 Å². The minimum Gasteiger partial charge on any atom is -0.224 e. The van der Waals surface area contributed by atoms with Gasteiger partial charge in [0.15, 0.2) is 9.84 Å². The fourth-order valence-electron chi connectivity index (χ4n) is 2.53. The molecule has 0 radical (unpaired) electrons. The Kier molecular flexibility index (Phi) is 4.51. The van der Waals surface area contributed by atoms with E-state index in [1.54, 1.807) is 6.07 Å². The topological polar surface area (TPSA) is 34.1 Å². The largest absolute Gasteiger partial charge is 0.224 e. The van der Waals surface area contributed by atoms with Crippen LogP contribution in [0.25, 0.3) is 22.3 Å². The summed E-state index contributed by atoms with van der Waals surface area (Å²) in [6.07, 6.45) is 0.998. The van der Waals surface area contributed by atoms with Gasteiger partial charge in [0.1, 0.15) is 10.7 Å². The van der Waals surface area contributed by atoms with Crippen molar-refractivity contribution in [1.29, 1.82) is 0 Å². The number of benzene rings is 2. The van der Waals surface area contributed by atoms with E-state index in [0.29, 0.717) is 10.6 Å². The Bertz CT molecular complexity index is 1020. The van der Waals surface area contributed by atoms with Crippen LogP contribution in [-0.4, -0.2) is 14.7 Å². The van der Waals surface area contributed by atoms with Crippen molar-refractivity contribution in [3.05, 3.63) is 63.6 Å². The molecule has 6 heteroatoms. The first-order chi connectivity index (χ1) is 11.3. The Morgan fingerprint density at radius 2 is 1.58 bits per heavy atom. The lowest BCUT2D eigenvalue weighted by molar-refractivity contribution is 0.571. The second kappa shape index (κ2) is 6.31. The molecule has 0 bridgehead atoms. The van der Waals surface area contributed by atoms with Gasteiger partial charge >= 0.3 is 0 Å². The van der Waals surface area contributed by atoms with Gasteiger partial charge in [-0.25, -0.2) is 12.8 Å². The first-order valence-corrected chi connectivity index (χ1v) is 10.3. The molecule has 0 aliphatic heterocycles. The molecule has 0 N–H and O–H groups in total. The van der Waals surface area contributed by atoms with E-state index in [0.717, 1.165) is 28.5 Å². The average Bonchev–Trinajstić information content (AvgIpc) is 2.98. The summed E-state index contributed by atoms with van der Waals surface area (Å²) in [4.78, 5) is -0.287. The van der Waals surface area contributed by atoms with Crippen molar-refractivity contribution in [2.24, 2.45) is 0 Å². The van der Waals surface area contributed by atoms with Crippen molar-refractivity contribution in [3.63, 3.8) is 0 Å². The van der Waals surface area contributed by atoms with Gasteiger partial charge in [0.25, 0.3) is 0 Å². The number of thiophene rings is 1. The van der Waals surface area contributed by atoms with Crippen LogP contribution >= 0.6 is 22.9 Å². The molecule has 3 rings (SSSR count). The van der Waals surface area contributed by atoms with Crippen LogP contribution < -0.4 is 0 Å². The van der Waals surface area contributed by atoms with E-state index in [1.807, 2.05) is 35.9 Å². The van der Waals surface area contributed by atoms with E-state index in [9.17, 15) is 12.8 Å². The second-order valence-electron chi connectivity index (χ2n) is 5.58. The molecule has 2 aromatic carbocycles. The summed E-state index contributed by atoms with van der Waals surface area (Å²) in [5, 5.41) is 4.60. The predicted octanol–water partition coefficient (Wildman–Crippen LogP) is 5.59. The van der Waals surface area contributed by atoms with Gasteiger partial charge in [0.2, 0.25) is 0 Å². The van der Waals surface area contributed by atoms with Crippen molar-refractivity contribution >= 4 is 32.8 Å². The third kappa shape index (κ3) is 3.24. The number of hydrogen-bond donors (Lipinski definition) is 0. The molecule has 1 heterocycles. The Labute approximate surface area is 149 Å². The van der Waals surface area contributed by atoms with E-state index < -0.39 is 15.7 Å². The van der Waals surface area contributed by atoms with Gasteiger partial charge in [-0.1, -0.05) is 23.7 Å². The van der Waals surface area contributed by atoms with E-state index in [4.69, 9.17) is 11.6 Å². The Morgan fingerprint density at radius 1 is 1.00 bits per heavy atom. The van der Waals surface area contributed by atoms with Gasteiger partial charge in [0, 0.05) is 22.4 Å². The predicted molar refractivity (Wildman–Crippen MR) is 98.0 cm³/mol. The lowest BCUT2D eigenvalue weighted by Crippen LogP contribution is -2.00. The smallest absolute Gasteiger partial charge is 0.178 e. The number of halogens is 2. The zero-order valence-electron chi connectivity index (χ0n) is 13.0. The standard InChI is InChI=1S/C18H14ClFO2S2/c1-11-7-12(3-5-16(11)19)14-9-23-10-15(14)13-4-6-18(17(20)8-13)24(2,21)22/h3-10H,1-2H3. The zero-order chi connectivity index (χ0) is 17.5. The molecule has 0 aliphatic carbocycles. The SMILES string of the molecule is Cc1cc(-c2cscc2-c2ccc(S(C)(=O)=O)c(F)c2)ccc1Cl. The number of rotatable bonds is 3. The van der Waals surface area contributed by atoms with Gasteiger partial charge in [-0.15, -0.1) is 0 Å². The van der Waals surface area contributed by atoms with E-state index >= 15 is 0 Å². The van der Waals surface area contributed by atoms with Crippen molar-refractivity contribution in [2.45, 2.75) is 11.8 Å². The third-order valence-electron chi connectivity index (χ3n) is 3.77. The summed E-state index contributed by atoms with van der Waals surface area (Å²) in [7, 11) is -3.58. The monoisotopic (exact) mass is 380 g/mol. The molecule has 0 saturated carbocycles. The molecule has 0 unspecified atom stereocenters. The van der Waals surface area contributed by atoms with Crippen molar-refractivity contribution < 1.29 is 12.8 Å². The maximum Gasteiger partial charge on any atom is 0.178 e. The summed E-state index contributed by atoms with van der Waals surface area (Å²) >= 11 is 7.58. The molecular weight excluding hydrogens is 367 g/mol. The maximum atomic E-state index is 14.2. The van der Waals surface area contributed by atoms with Gasteiger partial charge in [-0.2, -0.15) is 11.3 Å². The molecule has 124 valence electrons. The van der Waals surface area contributed by atoms with E-state index in [1.165, 1.54) is 23.5 Å². The van der Waals surface area contributed by atoms with Crippen LogP contribution in [0.2, 0.25) is 5.02 Å². The summed E-state index contributed by atoms with van der Waals surface area (Å²) in [6, 6.07) is 9.95. The van der Waals surface area contributed by atoms with Crippen LogP contribution in [0.3, 0.4) is 0 Å². The fourth-order valence-corrected chi connectivity index (χ4v) is 4.24. The van der Waals surface area contributed by atoms with Crippen LogP contribution in [0.15, 0.2) is 52.1 Å². The number of aryl methyl sites for hydroxylation is 1. The molecule has 0 aliphatic rings. The number of hydrogen-bond acceptors (Lipinski definition) is 3. The first kappa shape index (κ1) is 17.1. The quantitative estimate of drug-likeness (QED) is 0.593. The average molecular weight is 381 g/mol. The highest BCUT2D eigenvalue weighted by Crippen LogP contribution is 2.37. The highest BCUT2D eigenvalue weighted by atomic mass is 35.5. The number of sulfone groups is 1. The molecule has 0 spiro atoms. The van der Waals surface area contributed by atoms with Crippen molar-refractivity contribution in [3.8, 4) is 22.3 Å². The van der Waals surface area contributed by atoms with Crippen LogP contribution in [-0.2, 0) is 9.84 Å². The van der Waals surface area contributed by atoms with Gasteiger partial charge in [-0.3, -0.25) is 0 Å². The molecule has 1 aromatic heterocycles. The van der Waals surface area contributed by atoms with Gasteiger partial charge < -0.3 is 0 Å². The van der Waals surface area contributed by atoms with Crippen LogP contribution in [0.1, 0.15) is 5.56 Å². The van der Waals surface area contributed by atoms with Crippen molar-refractivity contribution in [2.75, 3.05) is 6.26 Å². The molecule has 0 atom stereocenters. The summed E-state index contributed by atoms with van der Waals surface area (Å²) in [5.74, 6) is -0.737. The minimum atomic E-state index is -3.58. The third-order valence-corrected chi connectivity index (χ3v) is 6.07. The lowest BCUT2D eigenvalue weighted by Gasteiger charge is -2.08. The minimum absolute atomic E-state index is 0.287. The lowest BCUT2D eigenvalue weighted by atomic mass is 9.98. The van der Waals surface area contributed by atoms with Crippen LogP contribution in [0.4, 0.5) is 4.39 Å². The Balaban J connectivity index is 2.11. The molecule has 3 aromatic rings. The highest BCUT2D eigenvalue weighted by molar-refractivity contribution is 7.90. The molecule has 0 saturated heterocycles. The highest BCUT2D eigenvalue weighted by Gasteiger charge is 2.16. The maximum absolute atomic E-state index is 14.2. The summed E-state index contributed by atoms with van der Waals surface area (Å²) in [6.45, 7) is 1.93.